The number of hydrazine groups is 1. The second-order valence-electron chi connectivity index (χ2n) is 7.50. The van der Waals surface area contributed by atoms with Crippen molar-refractivity contribution in [1.82, 2.24) is 24.9 Å². The van der Waals surface area contributed by atoms with Gasteiger partial charge in [-0.25, -0.2) is 10.2 Å². The maximum Gasteiger partial charge on any atom is 0.255 e. The molecule has 1 aromatic carbocycles. The van der Waals surface area contributed by atoms with Crippen LogP contribution in [0.15, 0.2) is 54.0 Å². The van der Waals surface area contributed by atoms with Crippen molar-refractivity contribution in [2.75, 3.05) is 18.1 Å². The third kappa shape index (κ3) is 5.23. The lowest BCUT2D eigenvalue weighted by Gasteiger charge is -2.31. The molecule has 0 saturated carbocycles. The number of aromatic nitrogens is 4. The minimum atomic E-state index is -0.577. The smallest absolute Gasteiger partial charge is 0.255 e. The van der Waals surface area contributed by atoms with Gasteiger partial charge in [-0.05, 0) is 37.1 Å². The van der Waals surface area contributed by atoms with Gasteiger partial charge >= 0.3 is 0 Å². The summed E-state index contributed by atoms with van der Waals surface area (Å²) in [5, 5.41) is 13.2. The van der Waals surface area contributed by atoms with E-state index in [2.05, 4.69) is 20.3 Å². The Morgan fingerprint density at radius 3 is 2.82 bits per heavy atom. The maximum atomic E-state index is 14.3. The number of amides is 1. The molecule has 3 heterocycles. The zero-order chi connectivity index (χ0) is 23.2. The lowest BCUT2D eigenvalue weighted by Crippen LogP contribution is -2.39. The average Bonchev–Trinajstić information content (AvgIpc) is 3.32. The Hall–Kier alpha value is -4.06. The van der Waals surface area contributed by atoms with Crippen LogP contribution in [0.4, 0.5) is 10.1 Å². The Balaban J connectivity index is 1.30. The van der Waals surface area contributed by atoms with Crippen LogP contribution in [0, 0.1) is 5.82 Å². The van der Waals surface area contributed by atoms with Crippen LogP contribution in [0.3, 0.4) is 0 Å². The highest BCUT2D eigenvalue weighted by molar-refractivity contribution is 5.93. The summed E-state index contributed by atoms with van der Waals surface area (Å²) in [4.78, 5) is 20.0. The van der Waals surface area contributed by atoms with E-state index in [4.69, 9.17) is 16.4 Å². The summed E-state index contributed by atoms with van der Waals surface area (Å²) in [5.41, 5.74) is 1.52. The van der Waals surface area contributed by atoms with Crippen LogP contribution in [-0.2, 0) is 6.61 Å². The molecular formula is C21H24FN9O2. The third-order valence-corrected chi connectivity index (χ3v) is 5.32. The van der Waals surface area contributed by atoms with Crippen LogP contribution in [0.25, 0.3) is 0 Å². The number of anilines is 1. The SMILES string of the molecule is N/N=C\N(N)c1ccc(OCc2cnn(C3CCN(C(=O)c4cccnc4)CC3)n2)c(F)c1. The molecule has 172 valence electrons. The number of carbonyl (C=O) groups excluding carboxylic acids is 1. The lowest BCUT2D eigenvalue weighted by atomic mass is 10.0. The average molecular weight is 453 g/mol. The van der Waals surface area contributed by atoms with E-state index in [0.29, 0.717) is 30.0 Å². The highest BCUT2D eigenvalue weighted by Gasteiger charge is 2.26. The fraction of sp³-hybridized carbons (Fsp3) is 0.286. The Morgan fingerprint density at radius 1 is 1.30 bits per heavy atom. The molecule has 11 nitrogen and oxygen atoms in total. The van der Waals surface area contributed by atoms with Gasteiger partial charge in [0.25, 0.3) is 5.91 Å². The number of halogens is 1. The van der Waals surface area contributed by atoms with E-state index in [9.17, 15) is 9.18 Å². The van der Waals surface area contributed by atoms with E-state index < -0.39 is 5.82 Å². The predicted octanol–water partition coefficient (Wildman–Crippen LogP) is 1.45. The van der Waals surface area contributed by atoms with Crippen molar-refractivity contribution in [2.45, 2.75) is 25.5 Å². The Morgan fingerprint density at radius 2 is 2.12 bits per heavy atom. The molecule has 2 aromatic heterocycles. The van der Waals surface area contributed by atoms with Gasteiger partial charge in [0.2, 0.25) is 0 Å². The molecule has 0 unspecified atom stereocenters. The number of hydrogen-bond donors (Lipinski definition) is 2. The minimum Gasteiger partial charge on any atom is -0.484 e. The van der Waals surface area contributed by atoms with Crippen molar-refractivity contribution in [1.29, 1.82) is 0 Å². The van der Waals surface area contributed by atoms with Gasteiger partial charge < -0.3 is 15.5 Å². The van der Waals surface area contributed by atoms with Gasteiger partial charge in [-0.3, -0.25) is 14.8 Å². The molecule has 1 aliphatic heterocycles. The molecular weight excluding hydrogens is 429 g/mol. The first-order valence-electron chi connectivity index (χ1n) is 10.3. The monoisotopic (exact) mass is 453 g/mol. The summed E-state index contributed by atoms with van der Waals surface area (Å²) >= 11 is 0. The van der Waals surface area contributed by atoms with Crippen LogP contribution >= 0.6 is 0 Å². The molecule has 1 saturated heterocycles. The van der Waals surface area contributed by atoms with Crippen LogP contribution < -0.4 is 21.4 Å². The number of nitrogens with zero attached hydrogens (tertiary/aromatic N) is 7. The highest BCUT2D eigenvalue weighted by atomic mass is 19.1. The van der Waals surface area contributed by atoms with Gasteiger partial charge in [0.05, 0.1) is 23.5 Å². The Labute approximate surface area is 189 Å². The molecule has 3 aromatic rings. The van der Waals surface area contributed by atoms with E-state index in [1.807, 2.05) is 4.90 Å². The molecule has 1 fully saturated rings. The zero-order valence-electron chi connectivity index (χ0n) is 17.8. The summed E-state index contributed by atoms with van der Waals surface area (Å²) in [6.07, 6.45) is 7.44. The molecule has 0 radical (unpaired) electrons. The molecule has 1 aliphatic rings. The molecule has 4 N–H and O–H groups in total. The number of nitrogens with two attached hydrogens (primary N) is 2. The fourth-order valence-corrected chi connectivity index (χ4v) is 3.58. The maximum absolute atomic E-state index is 14.3. The molecule has 1 amide bonds. The molecule has 0 atom stereocenters. The van der Waals surface area contributed by atoms with Gasteiger partial charge in [0.1, 0.15) is 18.6 Å². The van der Waals surface area contributed by atoms with E-state index >= 15 is 0 Å². The largest absolute Gasteiger partial charge is 0.484 e. The number of hydrogen-bond acceptors (Lipinski definition) is 8. The normalized spacial score (nSPS) is 14.5. The fourth-order valence-electron chi connectivity index (χ4n) is 3.58. The summed E-state index contributed by atoms with van der Waals surface area (Å²) in [5.74, 6) is 10.2. The van der Waals surface area contributed by atoms with Gasteiger partial charge in [-0.2, -0.15) is 20.1 Å². The van der Waals surface area contributed by atoms with Crippen molar-refractivity contribution < 1.29 is 13.9 Å². The minimum absolute atomic E-state index is 0.0230. The standard InChI is InChI=1S/C21H24FN9O2/c22-19-10-18(30(24)14-26-23)3-4-20(19)33-13-16-12-27-31(28-16)17-5-8-29(9-6-17)21(32)15-2-1-7-25-11-15/h1-4,7,10-12,14,17H,5-6,8-9,13,23-24H2/b26-14-. The van der Waals surface area contributed by atoms with Gasteiger partial charge in [-0.1, -0.05) is 0 Å². The number of benzene rings is 1. The number of piperidine rings is 1. The number of rotatable bonds is 7. The number of hydrazone groups is 1. The zero-order valence-corrected chi connectivity index (χ0v) is 17.8. The number of pyridine rings is 1. The Kier molecular flexibility index (Phi) is 6.74. The molecule has 4 rings (SSSR count). The van der Waals surface area contributed by atoms with Crippen molar-refractivity contribution >= 4 is 17.9 Å². The van der Waals surface area contributed by atoms with Crippen LogP contribution in [0.1, 0.15) is 34.9 Å². The second-order valence-corrected chi connectivity index (χ2v) is 7.50. The predicted molar refractivity (Wildman–Crippen MR) is 119 cm³/mol. The van der Waals surface area contributed by atoms with Gasteiger partial charge in [0.15, 0.2) is 11.6 Å². The number of likely N-dealkylation sites (tertiary alicyclic amines) is 1. The lowest BCUT2D eigenvalue weighted by molar-refractivity contribution is 0.0683. The molecule has 0 bridgehead atoms. The summed E-state index contributed by atoms with van der Waals surface area (Å²) < 4.78 is 19.9. The van der Waals surface area contributed by atoms with Gasteiger partial charge in [0, 0.05) is 31.5 Å². The molecule has 0 spiro atoms. The first kappa shape index (κ1) is 22.1. The van der Waals surface area contributed by atoms with E-state index in [-0.39, 0.29) is 24.3 Å². The third-order valence-electron chi connectivity index (χ3n) is 5.32. The summed E-state index contributed by atoms with van der Waals surface area (Å²) in [6, 6.07) is 7.86. The van der Waals surface area contributed by atoms with E-state index in [1.165, 1.54) is 12.1 Å². The summed E-state index contributed by atoms with van der Waals surface area (Å²) in [6.45, 7) is 1.28. The van der Waals surface area contributed by atoms with E-state index in [1.54, 1.807) is 41.6 Å². The van der Waals surface area contributed by atoms with Crippen LogP contribution in [0.5, 0.6) is 5.75 Å². The topological polar surface area (TPSA) is 141 Å². The van der Waals surface area contributed by atoms with Gasteiger partial charge in [-0.15, -0.1) is 0 Å². The quantitative estimate of drug-likeness (QED) is 0.237. The van der Waals surface area contributed by atoms with Crippen LogP contribution in [-0.4, -0.2) is 50.2 Å². The van der Waals surface area contributed by atoms with E-state index in [0.717, 1.165) is 24.2 Å². The Bertz CT molecular complexity index is 1110. The number of carbonyl (C=O) groups is 1. The molecule has 12 heteroatoms. The van der Waals surface area contributed by atoms with Crippen LogP contribution in [0.2, 0.25) is 0 Å². The molecule has 33 heavy (non-hydrogen) atoms. The first-order chi connectivity index (χ1) is 16.0. The molecule has 0 aliphatic carbocycles. The van der Waals surface area contributed by atoms with Crippen molar-refractivity contribution in [3.05, 3.63) is 66.0 Å². The highest BCUT2D eigenvalue weighted by Crippen LogP contribution is 2.24. The van der Waals surface area contributed by atoms with Crippen molar-refractivity contribution in [3.63, 3.8) is 0 Å². The van der Waals surface area contributed by atoms with Crippen molar-refractivity contribution in [2.24, 2.45) is 16.8 Å². The number of ether oxygens (including phenoxy) is 1. The first-order valence-corrected chi connectivity index (χ1v) is 10.3. The van der Waals surface area contributed by atoms with Crippen molar-refractivity contribution in [3.8, 4) is 5.75 Å². The second kappa shape index (κ2) is 10.0. The summed E-state index contributed by atoms with van der Waals surface area (Å²) in [7, 11) is 0.